The molecule has 0 heterocycles. The van der Waals surface area contributed by atoms with E-state index in [4.69, 9.17) is 5.90 Å². The van der Waals surface area contributed by atoms with Gasteiger partial charge in [-0.1, -0.05) is 12.2 Å². The van der Waals surface area contributed by atoms with E-state index in [1.165, 1.54) is 12.8 Å². The van der Waals surface area contributed by atoms with Crippen LogP contribution >= 0.6 is 12.4 Å². The molecule has 1 unspecified atom stereocenters. The van der Waals surface area contributed by atoms with Crippen LogP contribution in [0.2, 0.25) is 0 Å². The number of hydrogen-bond donors (Lipinski definition) is 1. The third kappa shape index (κ3) is 2.84. The molecular formula is C6H12ClNO. The summed E-state index contributed by atoms with van der Waals surface area (Å²) in [4.78, 5) is 4.60. The quantitative estimate of drug-likeness (QED) is 0.452. The SMILES string of the molecule is Cl.NOC1C=CCCC1. The smallest absolute Gasteiger partial charge is 0.0968 e. The molecule has 0 saturated heterocycles. The molecule has 0 bridgehead atoms. The first kappa shape index (κ1) is 8.95. The van der Waals surface area contributed by atoms with Crippen molar-refractivity contribution in [3.8, 4) is 0 Å². The van der Waals surface area contributed by atoms with Crippen molar-refractivity contribution in [3.63, 3.8) is 0 Å². The Morgan fingerprint density at radius 3 is 2.67 bits per heavy atom. The van der Waals surface area contributed by atoms with Crippen LogP contribution in [0.5, 0.6) is 0 Å². The van der Waals surface area contributed by atoms with Gasteiger partial charge in [0, 0.05) is 0 Å². The standard InChI is InChI=1S/C6H11NO.ClH/c7-8-6-4-2-1-3-5-6;/h2,4,6H,1,3,5,7H2;1H. The minimum Gasteiger partial charge on any atom is -0.297 e. The molecule has 0 radical (unpaired) electrons. The molecule has 0 amide bonds. The first-order valence-electron chi connectivity index (χ1n) is 2.95. The van der Waals surface area contributed by atoms with Crippen LogP contribution in [0.15, 0.2) is 12.2 Å². The minimum atomic E-state index is 0. The van der Waals surface area contributed by atoms with Gasteiger partial charge in [-0.25, -0.2) is 5.90 Å². The van der Waals surface area contributed by atoms with Gasteiger partial charge in [-0.3, -0.25) is 4.84 Å². The van der Waals surface area contributed by atoms with Gasteiger partial charge in [0.25, 0.3) is 0 Å². The van der Waals surface area contributed by atoms with Crippen LogP contribution in [0.3, 0.4) is 0 Å². The normalized spacial score (nSPS) is 25.2. The third-order valence-corrected chi connectivity index (χ3v) is 1.38. The number of rotatable bonds is 1. The van der Waals surface area contributed by atoms with Gasteiger partial charge < -0.3 is 0 Å². The second-order valence-electron chi connectivity index (χ2n) is 2.03. The van der Waals surface area contributed by atoms with Crippen LogP contribution in [-0.2, 0) is 4.84 Å². The largest absolute Gasteiger partial charge is 0.297 e. The molecule has 0 aromatic carbocycles. The lowest BCUT2D eigenvalue weighted by Crippen LogP contribution is -2.16. The van der Waals surface area contributed by atoms with Crippen LogP contribution < -0.4 is 5.90 Å². The molecular weight excluding hydrogens is 138 g/mol. The lowest BCUT2D eigenvalue weighted by Gasteiger charge is -2.12. The fraction of sp³-hybridized carbons (Fsp3) is 0.667. The summed E-state index contributed by atoms with van der Waals surface area (Å²) in [5.41, 5.74) is 0. The summed E-state index contributed by atoms with van der Waals surface area (Å²) >= 11 is 0. The average Bonchev–Trinajstić information content (AvgIpc) is 1.90. The summed E-state index contributed by atoms with van der Waals surface area (Å²) in [5.74, 6) is 4.95. The van der Waals surface area contributed by atoms with E-state index in [1.54, 1.807) is 0 Å². The lowest BCUT2D eigenvalue weighted by atomic mass is 10.1. The molecule has 0 aliphatic heterocycles. The maximum atomic E-state index is 4.95. The second kappa shape index (κ2) is 4.79. The highest BCUT2D eigenvalue weighted by molar-refractivity contribution is 5.85. The summed E-state index contributed by atoms with van der Waals surface area (Å²) in [7, 11) is 0. The van der Waals surface area contributed by atoms with Crippen LogP contribution in [0.25, 0.3) is 0 Å². The summed E-state index contributed by atoms with van der Waals surface area (Å²) < 4.78 is 0. The third-order valence-electron chi connectivity index (χ3n) is 1.38. The van der Waals surface area contributed by atoms with Crippen LogP contribution in [0.4, 0.5) is 0 Å². The van der Waals surface area contributed by atoms with Crippen molar-refractivity contribution in [2.24, 2.45) is 5.90 Å². The maximum absolute atomic E-state index is 4.95. The van der Waals surface area contributed by atoms with Gasteiger partial charge in [-0.2, -0.15) is 0 Å². The Morgan fingerprint density at radius 1 is 1.56 bits per heavy atom. The van der Waals surface area contributed by atoms with Crippen molar-refractivity contribution >= 4 is 12.4 Å². The highest BCUT2D eigenvalue weighted by Crippen LogP contribution is 2.10. The van der Waals surface area contributed by atoms with E-state index in [9.17, 15) is 0 Å². The Labute approximate surface area is 61.4 Å². The lowest BCUT2D eigenvalue weighted by molar-refractivity contribution is 0.0763. The molecule has 1 aliphatic rings. The molecule has 1 rings (SSSR count). The Balaban J connectivity index is 0.000000640. The van der Waals surface area contributed by atoms with E-state index in [1.807, 2.05) is 6.08 Å². The zero-order chi connectivity index (χ0) is 5.82. The van der Waals surface area contributed by atoms with Crippen LogP contribution in [-0.4, -0.2) is 6.10 Å². The first-order valence-corrected chi connectivity index (χ1v) is 2.95. The fourth-order valence-electron chi connectivity index (χ4n) is 0.895. The molecule has 9 heavy (non-hydrogen) atoms. The molecule has 0 aromatic rings. The van der Waals surface area contributed by atoms with Crippen molar-refractivity contribution in [3.05, 3.63) is 12.2 Å². The van der Waals surface area contributed by atoms with Crippen LogP contribution in [0, 0.1) is 0 Å². The summed E-state index contributed by atoms with van der Waals surface area (Å²) in [6.45, 7) is 0. The maximum Gasteiger partial charge on any atom is 0.0968 e. The average molecular weight is 150 g/mol. The number of hydrogen-bond acceptors (Lipinski definition) is 2. The zero-order valence-corrected chi connectivity index (χ0v) is 6.06. The Morgan fingerprint density at radius 2 is 2.33 bits per heavy atom. The van der Waals surface area contributed by atoms with Gasteiger partial charge in [0.15, 0.2) is 0 Å². The van der Waals surface area contributed by atoms with Gasteiger partial charge in [-0.15, -0.1) is 12.4 Å². The number of allylic oxidation sites excluding steroid dienone is 1. The highest BCUT2D eigenvalue weighted by atomic mass is 35.5. The van der Waals surface area contributed by atoms with E-state index in [2.05, 4.69) is 10.9 Å². The molecule has 0 aromatic heterocycles. The zero-order valence-electron chi connectivity index (χ0n) is 5.25. The molecule has 3 heteroatoms. The summed E-state index contributed by atoms with van der Waals surface area (Å²) in [6, 6.07) is 0. The summed E-state index contributed by atoms with van der Waals surface area (Å²) in [6.07, 6.45) is 7.78. The molecule has 0 spiro atoms. The van der Waals surface area contributed by atoms with E-state index in [0.29, 0.717) is 0 Å². The topological polar surface area (TPSA) is 35.2 Å². The van der Waals surface area contributed by atoms with Crippen molar-refractivity contribution in [1.29, 1.82) is 0 Å². The van der Waals surface area contributed by atoms with Crippen molar-refractivity contribution in [2.45, 2.75) is 25.4 Å². The van der Waals surface area contributed by atoms with E-state index in [0.717, 1.165) is 6.42 Å². The molecule has 0 saturated carbocycles. The van der Waals surface area contributed by atoms with Crippen molar-refractivity contribution < 1.29 is 4.84 Å². The predicted octanol–water partition coefficient (Wildman–Crippen LogP) is 1.41. The van der Waals surface area contributed by atoms with Gasteiger partial charge in [0.1, 0.15) is 0 Å². The molecule has 54 valence electrons. The van der Waals surface area contributed by atoms with E-state index < -0.39 is 0 Å². The monoisotopic (exact) mass is 149 g/mol. The van der Waals surface area contributed by atoms with Gasteiger partial charge in [0.2, 0.25) is 0 Å². The summed E-state index contributed by atoms with van der Waals surface area (Å²) in [5, 5.41) is 0. The van der Waals surface area contributed by atoms with Gasteiger partial charge >= 0.3 is 0 Å². The second-order valence-corrected chi connectivity index (χ2v) is 2.03. The molecule has 1 atom stereocenters. The predicted molar refractivity (Wildman–Crippen MR) is 39.3 cm³/mol. The fourth-order valence-corrected chi connectivity index (χ4v) is 0.895. The van der Waals surface area contributed by atoms with E-state index in [-0.39, 0.29) is 18.5 Å². The first-order chi connectivity index (χ1) is 3.93. The highest BCUT2D eigenvalue weighted by Gasteiger charge is 2.05. The van der Waals surface area contributed by atoms with Crippen molar-refractivity contribution in [1.82, 2.24) is 0 Å². The molecule has 2 N–H and O–H groups in total. The van der Waals surface area contributed by atoms with Crippen molar-refractivity contribution in [2.75, 3.05) is 0 Å². The molecule has 2 nitrogen and oxygen atoms in total. The molecule has 0 fully saturated rings. The van der Waals surface area contributed by atoms with Gasteiger partial charge in [-0.05, 0) is 19.3 Å². The Kier molecular flexibility index (Phi) is 4.77. The van der Waals surface area contributed by atoms with E-state index >= 15 is 0 Å². The molecule has 1 aliphatic carbocycles. The Bertz CT molecular complexity index is 95.1. The number of halogens is 1. The Hall–Kier alpha value is -0.0500. The number of nitrogens with two attached hydrogens (primary N) is 1. The van der Waals surface area contributed by atoms with Gasteiger partial charge in [0.05, 0.1) is 6.10 Å². The van der Waals surface area contributed by atoms with Crippen LogP contribution in [0.1, 0.15) is 19.3 Å². The minimum absolute atomic E-state index is 0.